The summed E-state index contributed by atoms with van der Waals surface area (Å²) in [6.45, 7) is 3.00. The molecule has 162 valence electrons. The molecule has 0 radical (unpaired) electrons. The molecule has 0 aliphatic heterocycles. The molecule has 2 rings (SSSR count). The molecule has 2 aromatic carbocycles. The minimum Gasteiger partial charge on any atom is -0.465 e. The molecule has 3 N–H and O–H groups in total. The number of hydrogen-bond acceptors (Lipinski definition) is 5. The van der Waals surface area contributed by atoms with E-state index in [1.54, 1.807) is 18.2 Å². The van der Waals surface area contributed by atoms with Crippen LogP contribution in [0.25, 0.3) is 0 Å². The number of hydrogen-bond donors (Lipinski definition) is 3. The quantitative estimate of drug-likeness (QED) is 0.441. The number of aliphatic hydroxyl groups is 1. The monoisotopic (exact) mass is 434 g/mol. The van der Waals surface area contributed by atoms with Gasteiger partial charge in [0.2, 0.25) is 10.0 Å². The summed E-state index contributed by atoms with van der Waals surface area (Å²) in [5.74, 6) is 0. The molecule has 0 saturated heterocycles. The van der Waals surface area contributed by atoms with Gasteiger partial charge in [0.05, 0.1) is 36.8 Å². The SMILES string of the molecule is C=C[C@H](CO)N(C[C@H](COCc1ccccc1)NS(=O)(=O)c1ccccc1)C(=O)O. The van der Waals surface area contributed by atoms with Crippen molar-refractivity contribution in [1.82, 2.24) is 9.62 Å². The molecule has 0 aliphatic carbocycles. The molecule has 0 unspecified atom stereocenters. The van der Waals surface area contributed by atoms with Crippen molar-refractivity contribution in [3.05, 3.63) is 78.9 Å². The zero-order valence-corrected chi connectivity index (χ0v) is 17.2. The van der Waals surface area contributed by atoms with E-state index in [0.29, 0.717) is 0 Å². The molecular weight excluding hydrogens is 408 g/mol. The summed E-state index contributed by atoms with van der Waals surface area (Å²) in [5, 5.41) is 19.0. The zero-order valence-electron chi connectivity index (χ0n) is 16.4. The summed E-state index contributed by atoms with van der Waals surface area (Å²) in [6, 6.07) is 15.3. The maximum atomic E-state index is 12.7. The largest absolute Gasteiger partial charge is 0.465 e. The average molecular weight is 435 g/mol. The lowest BCUT2D eigenvalue weighted by molar-refractivity contribution is 0.0744. The van der Waals surface area contributed by atoms with Crippen LogP contribution in [0.3, 0.4) is 0 Å². The third-order valence-electron chi connectivity index (χ3n) is 4.33. The lowest BCUT2D eigenvalue weighted by Gasteiger charge is -2.30. The first-order valence-electron chi connectivity index (χ1n) is 9.29. The number of sulfonamides is 1. The lowest BCUT2D eigenvalue weighted by atomic mass is 10.2. The van der Waals surface area contributed by atoms with Gasteiger partial charge >= 0.3 is 6.09 Å². The minimum absolute atomic E-state index is 0.0577. The van der Waals surface area contributed by atoms with Gasteiger partial charge in [-0.2, -0.15) is 0 Å². The number of nitrogens with one attached hydrogen (secondary N) is 1. The van der Waals surface area contributed by atoms with Crippen LogP contribution in [-0.4, -0.2) is 61.5 Å². The maximum Gasteiger partial charge on any atom is 0.407 e. The molecule has 9 heteroatoms. The Morgan fingerprint density at radius 3 is 2.27 bits per heavy atom. The Kier molecular flexibility index (Phi) is 9.00. The van der Waals surface area contributed by atoms with E-state index in [1.165, 1.54) is 18.2 Å². The van der Waals surface area contributed by atoms with E-state index in [9.17, 15) is 23.4 Å². The average Bonchev–Trinajstić information content (AvgIpc) is 2.74. The number of ether oxygens (including phenoxy) is 1. The van der Waals surface area contributed by atoms with Crippen LogP contribution in [0.15, 0.2) is 78.2 Å². The molecule has 2 aromatic rings. The van der Waals surface area contributed by atoms with Crippen LogP contribution in [0.1, 0.15) is 5.56 Å². The van der Waals surface area contributed by atoms with Gasteiger partial charge in [-0.25, -0.2) is 17.9 Å². The van der Waals surface area contributed by atoms with E-state index in [0.717, 1.165) is 10.5 Å². The molecule has 0 aliphatic rings. The van der Waals surface area contributed by atoms with Gasteiger partial charge in [-0.15, -0.1) is 6.58 Å². The Bertz CT molecular complexity index is 906. The van der Waals surface area contributed by atoms with Crippen molar-refractivity contribution in [3.63, 3.8) is 0 Å². The molecule has 30 heavy (non-hydrogen) atoms. The Labute approximate surface area is 176 Å². The molecule has 2 atom stereocenters. The summed E-state index contributed by atoms with van der Waals surface area (Å²) in [4.78, 5) is 12.7. The number of benzene rings is 2. The lowest BCUT2D eigenvalue weighted by Crippen LogP contribution is -2.51. The minimum atomic E-state index is -3.90. The molecule has 0 aromatic heterocycles. The predicted octanol–water partition coefficient (Wildman–Crippen LogP) is 2.08. The standard InChI is InChI=1S/C21H26N2O6S/c1-2-19(14-24)23(21(25)26)13-18(16-29-15-17-9-5-3-6-10-17)22-30(27,28)20-11-7-4-8-12-20/h2-12,18-19,22,24H,1,13-16H2,(H,25,26)/t18-,19-/m1/s1. The van der Waals surface area contributed by atoms with E-state index >= 15 is 0 Å². The maximum absolute atomic E-state index is 12.7. The van der Waals surface area contributed by atoms with Crippen molar-refractivity contribution < 1.29 is 28.2 Å². The molecule has 0 saturated carbocycles. The van der Waals surface area contributed by atoms with Gasteiger partial charge in [0, 0.05) is 6.54 Å². The van der Waals surface area contributed by atoms with E-state index in [-0.39, 0.29) is 24.7 Å². The topological polar surface area (TPSA) is 116 Å². The van der Waals surface area contributed by atoms with Gasteiger partial charge in [0.1, 0.15) is 0 Å². The summed E-state index contributed by atoms with van der Waals surface area (Å²) >= 11 is 0. The molecule has 0 heterocycles. The number of amides is 1. The Morgan fingerprint density at radius 1 is 1.13 bits per heavy atom. The van der Waals surface area contributed by atoms with Crippen molar-refractivity contribution in [3.8, 4) is 0 Å². The number of aliphatic hydroxyl groups excluding tert-OH is 1. The van der Waals surface area contributed by atoms with E-state index in [2.05, 4.69) is 11.3 Å². The Morgan fingerprint density at radius 2 is 1.73 bits per heavy atom. The van der Waals surface area contributed by atoms with E-state index in [1.807, 2.05) is 30.3 Å². The van der Waals surface area contributed by atoms with E-state index in [4.69, 9.17) is 4.74 Å². The van der Waals surface area contributed by atoms with Crippen molar-refractivity contribution in [2.75, 3.05) is 19.8 Å². The second-order valence-electron chi connectivity index (χ2n) is 6.55. The normalized spacial score (nSPS) is 13.4. The number of carbonyl (C=O) groups is 1. The van der Waals surface area contributed by atoms with Crippen LogP contribution >= 0.6 is 0 Å². The molecule has 1 amide bonds. The molecule has 0 spiro atoms. The summed E-state index contributed by atoms with van der Waals surface area (Å²) < 4.78 is 33.6. The fourth-order valence-corrected chi connectivity index (χ4v) is 4.03. The number of rotatable bonds is 12. The van der Waals surface area contributed by atoms with E-state index < -0.39 is 34.8 Å². The summed E-state index contributed by atoms with van der Waals surface area (Å²) in [7, 11) is -3.90. The van der Waals surface area contributed by atoms with Crippen molar-refractivity contribution in [2.24, 2.45) is 0 Å². The van der Waals surface area contributed by atoms with Crippen LogP contribution in [0.2, 0.25) is 0 Å². The highest BCUT2D eigenvalue weighted by molar-refractivity contribution is 7.89. The van der Waals surface area contributed by atoms with Gasteiger partial charge in [0.15, 0.2) is 0 Å². The third kappa shape index (κ3) is 6.96. The smallest absolute Gasteiger partial charge is 0.407 e. The van der Waals surface area contributed by atoms with Crippen LogP contribution in [0.4, 0.5) is 4.79 Å². The summed E-state index contributed by atoms with van der Waals surface area (Å²) in [6.07, 6.45) is -0.0114. The second kappa shape index (κ2) is 11.5. The highest BCUT2D eigenvalue weighted by Crippen LogP contribution is 2.11. The van der Waals surface area contributed by atoms with Crippen LogP contribution in [0.5, 0.6) is 0 Å². The molecule has 8 nitrogen and oxygen atoms in total. The summed E-state index contributed by atoms with van der Waals surface area (Å²) in [5.41, 5.74) is 0.900. The molecular formula is C21H26N2O6S. The third-order valence-corrected chi connectivity index (χ3v) is 5.86. The molecule has 0 bridgehead atoms. The van der Waals surface area contributed by atoms with Crippen molar-refractivity contribution in [1.29, 1.82) is 0 Å². The number of nitrogens with zero attached hydrogens (tertiary/aromatic N) is 1. The zero-order chi connectivity index (χ0) is 22.0. The molecule has 0 fully saturated rings. The van der Waals surface area contributed by atoms with Crippen LogP contribution in [0, 0.1) is 0 Å². The first-order valence-corrected chi connectivity index (χ1v) is 10.8. The van der Waals surface area contributed by atoms with Gasteiger partial charge < -0.3 is 14.9 Å². The van der Waals surface area contributed by atoms with Crippen LogP contribution in [-0.2, 0) is 21.4 Å². The van der Waals surface area contributed by atoms with Crippen molar-refractivity contribution >= 4 is 16.1 Å². The fourth-order valence-electron chi connectivity index (χ4n) is 2.80. The first-order chi connectivity index (χ1) is 14.4. The van der Waals surface area contributed by atoms with Gasteiger partial charge in [0.25, 0.3) is 0 Å². The Balaban J connectivity index is 2.17. The highest BCUT2D eigenvalue weighted by atomic mass is 32.2. The van der Waals surface area contributed by atoms with Gasteiger partial charge in [-0.3, -0.25) is 4.90 Å². The highest BCUT2D eigenvalue weighted by Gasteiger charge is 2.27. The fraction of sp³-hybridized carbons (Fsp3) is 0.286. The van der Waals surface area contributed by atoms with Crippen LogP contribution < -0.4 is 4.72 Å². The van der Waals surface area contributed by atoms with Gasteiger partial charge in [-0.1, -0.05) is 54.6 Å². The van der Waals surface area contributed by atoms with Crippen molar-refractivity contribution in [2.45, 2.75) is 23.6 Å². The second-order valence-corrected chi connectivity index (χ2v) is 8.27. The predicted molar refractivity (Wildman–Crippen MR) is 112 cm³/mol. The van der Waals surface area contributed by atoms with Gasteiger partial charge in [-0.05, 0) is 17.7 Å². The Hall–Kier alpha value is -2.72. The number of carboxylic acid groups (broad SMARTS) is 1. The first kappa shape index (κ1) is 23.6.